The number of sulfone groups is 1. The van der Waals surface area contributed by atoms with Crippen molar-refractivity contribution in [1.29, 1.82) is 0 Å². The number of ether oxygens (including phenoxy) is 3. The van der Waals surface area contributed by atoms with E-state index in [0.717, 1.165) is 24.6 Å². The maximum Gasteiger partial charge on any atom is 0.148 e. The highest BCUT2D eigenvalue weighted by Crippen LogP contribution is 2.03. The van der Waals surface area contributed by atoms with E-state index in [1.54, 1.807) is 4.68 Å². The van der Waals surface area contributed by atoms with Gasteiger partial charge in [0, 0.05) is 32.1 Å². The molecule has 1 aromatic rings. The third kappa shape index (κ3) is 15.4. The number of nitrogens with zero attached hydrogens (tertiary/aromatic N) is 4. The lowest BCUT2D eigenvalue weighted by atomic mass is 10.1. The standard InChI is InChI=1S/C19H38N4O5S/c1-18(2)6-5-9-26-11-13-28-14-12-27-10-7-23-17-19(20-21-23)16-22(3)8-15-29(4,24)25/h17-18H,5-16H2,1-4H3. The van der Waals surface area contributed by atoms with Gasteiger partial charge in [-0.05, 0) is 25.8 Å². The molecule has 0 amide bonds. The van der Waals surface area contributed by atoms with E-state index in [9.17, 15) is 8.42 Å². The molecule has 0 aromatic carbocycles. The second-order valence-corrected chi connectivity index (χ2v) is 9.97. The molecule has 0 aliphatic carbocycles. The molecule has 0 bridgehead atoms. The molecule has 0 saturated heterocycles. The monoisotopic (exact) mass is 434 g/mol. The largest absolute Gasteiger partial charge is 0.379 e. The highest BCUT2D eigenvalue weighted by atomic mass is 32.2. The quantitative estimate of drug-likeness (QED) is 0.319. The summed E-state index contributed by atoms with van der Waals surface area (Å²) >= 11 is 0. The summed E-state index contributed by atoms with van der Waals surface area (Å²) in [6.45, 7) is 9.69. The maximum atomic E-state index is 11.2. The van der Waals surface area contributed by atoms with Crippen LogP contribution >= 0.6 is 0 Å². The van der Waals surface area contributed by atoms with Crippen molar-refractivity contribution in [2.24, 2.45) is 5.92 Å². The first-order valence-corrected chi connectivity index (χ1v) is 12.3. The lowest BCUT2D eigenvalue weighted by molar-refractivity contribution is 0.0118. The Bertz CT molecular complexity index is 636. The smallest absolute Gasteiger partial charge is 0.148 e. The molecule has 0 aliphatic heterocycles. The van der Waals surface area contributed by atoms with Crippen molar-refractivity contribution in [2.75, 3.05) is 65.2 Å². The van der Waals surface area contributed by atoms with Gasteiger partial charge in [-0.2, -0.15) is 0 Å². The Morgan fingerprint density at radius 3 is 2.31 bits per heavy atom. The molecule has 170 valence electrons. The van der Waals surface area contributed by atoms with Gasteiger partial charge in [-0.15, -0.1) is 5.10 Å². The Labute approximate surface area is 175 Å². The lowest BCUT2D eigenvalue weighted by Crippen LogP contribution is -2.25. The summed E-state index contributed by atoms with van der Waals surface area (Å²) in [4.78, 5) is 1.91. The third-order valence-corrected chi connectivity index (χ3v) is 5.06. The maximum absolute atomic E-state index is 11.2. The zero-order valence-electron chi connectivity index (χ0n) is 18.4. The number of aromatic nitrogens is 3. The first-order chi connectivity index (χ1) is 13.8. The second kappa shape index (κ2) is 14.8. The Morgan fingerprint density at radius 1 is 1.07 bits per heavy atom. The molecule has 29 heavy (non-hydrogen) atoms. The fourth-order valence-electron chi connectivity index (χ4n) is 2.49. The fourth-order valence-corrected chi connectivity index (χ4v) is 3.13. The van der Waals surface area contributed by atoms with Gasteiger partial charge in [0.05, 0.1) is 51.0 Å². The molecule has 1 rings (SSSR count). The number of rotatable bonds is 18. The van der Waals surface area contributed by atoms with Gasteiger partial charge in [-0.25, -0.2) is 13.1 Å². The topological polar surface area (TPSA) is 95.8 Å². The van der Waals surface area contributed by atoms with Crippen molar-refractivity contribution >= 4 is 9.84 Å². The third-order valence-electron chi connectivity index (χ3n) is 4.14. The van der Waals surface area contributed by atoms with E-state index in [-0.39, 0.29) is 5.75 Å². The van der Waals surface area contributed by atoms with Crippen LogP contribution in [0.3, 0.4) is 0 Å². The molecule has 1 aromatic heterocycles. The molecule has 0 aliphatic rings. The molecule has 0 fully saturated rings. The second-order valence-electron chi connectivity index (χ2n) is 7.71. The minimum absolute atomic E-state index is 0.137. The van der Waals surface area contributed by atoms with Crippen molar-refractivity contribution in [3.8, 4) is 0 Å². The predicted molar refractivity (Wildman–Crippen MR) is 113 cm³/mol. The van der Waals surface area contributed by atoms with Gasteiger partial charge in [0.1, 0.15) is 9.84 Å². The molecular weight excluding hydrogens is 396 g/mol. The highest BCUT2D eigenvalue weighted by Gasteiger charge is 2.08. The van der Waals surface area contributed by atoms with Crippen LogP contribution in [0.4, 0.5) is 0 Å². The molecule has 0 spiro atoms. The van der Waals surface area contributed by atoms with E-state index in [0.29, 0.717) is 52.7 Å². The molecule has 0 unspecified atom stereocenters. The van der Waals surface area contributed by atoms with Crippen molar-refractivity contribution in [3.63, 3.8) is 0 Å². The minimum Gasteiger partial charge on any atom is -0.379 e. The first kappa shape index (κ1) is 26.0. The van der Waals surface area contributed by atoms with Crippen LogP contribution in [-0.2, 0) is 37.1 Å². The van der Waals surface area contributed by atoms with Gasteiger partial charge < -0.3 is 14.2 Å². The van der Waals surface area contributed by atoms with E-state index in [4.69, 9.17) is 14.2 Å². The van der Waals surface area contributed by atoms with Crippen molar-refractivity contribution in [2.45, 2.75) is 39.8 Å². The van der Waals surface area contributed by atoms with Crippen LogP contribution in [-0.4, -0.2) is 93.6 Å². The average molecular weight is 435 g/mol. The molecule has 1 heterocycles. The molecule has 9 nitrogen and oxygen atoms in total. The Kier molecular flexibility index (Phi) is 13.3. The van der Waals surface area contributed by atoms with Gasteiger partial charge in [0.25, 0.3) is 0 Å². The number of hydrogen-bond acceptors (Lipinski definition) is 8. The Balaban J connectivity index is 1.99. The van der Waals surface area contributed by atoms with Gasteiger partial charge >= 0.3 is 0 Å². The summed E-state index contributed by atoms with van der Waals surface area (Å²) in [7, 11) is -1.09. The summed E-state index contributed by atoms with van der Waals surface area (Å²) in [6.07, 6.45) is 5.39. The zero-order chi connectivity index (χ0) is 21.5. The SMILES string of the molecule is CC(C)CCCOCCOCCOCCn1cc(CN(C)CCS(C)(=O)=O)nn1. The van der Waals surface area contributed by atoms with Gasteiger partial charge in [0.15, 0.2) is 0 Å². The first-order valence-electron chi connectivity index (χ1n) is 10.2. The van der Waals surface area contributed by atoms with E-state index < -0.39 is 9.84 Å². The van der Waals surface area contributed by atoms with Crippen LogP contribution in [0.2, 0.25) is 0 Å². The van der Waals surface area contributed by atoms with E-state index in [2.05, 4.69) is 24.2 Å². The van der Waals surface area contributed by atoms with Crippen molar-refractivity contribution in [3.05, 3.63) is 11.9 Å². The van der Waals surface area contributed by atoms with Gasteiger partial charge in [-0.1, -0.05) is 19.1 Å². The van der Waals surface area contributed by atoms with Crippen LogP contribution in [0.25, 0.3) is 0 Å². The summed E-state index contributed by atoms with van der Waals surface area (Å²) < 4.78 is 40.7. The molecule has 0 atom stereocenters. The van der Waals surface area contributed by atoms with Crippen molar-refractivity contribution in [1.82, 2.24) is 19.9 Å². The summed E-state index contributed by atoms with van der Waals surface area (Å²) in [5.41, 5.74) is 0.803. The van der Waals surface area contributed by atoms with Crippen molar-refractivity contribution < 1.29 is 22.6 Å². The Morgan fingerprint density at radius 2 is 1.69 bits per heavy atom. The number of hydrogen-bond donors (Lipinski definition) is 0. The van der Waals surface area contributed by atoms with Gasteiger partial charge in [-0.3, -0.25) is 4.90 Å². The van der Waals surface area contributed by atoms with Crippen LogP contribution in [0, 0.1) is 5.92 Å². The normalized spacial score (nSPS) is 12.3. The summed E-state index contributed by atoms with van der Waals surface area (Å²) in [6, 6.07) is 0. The van der Waals surface area contributed by atoms with Gasteiger partial charge in [0.2, 0.25) is 0 Å². The van der Waals surface area contributed by atoms with Crippen LogP contribution < -0.4 is 0 Å². The zero-order valence-corrected chi connectivity index (χ0v) is 19.2. The summed E-state index contributed by atoms with van der Waals surface area (Å²) in [5.74, 6) is 0.863. The van der Waals surface area contributed by atoms with Crippen LogP contribution in [0.5, 0.6) is 0 Å². The average Bonchev–Trinajstić information content (AvgIpc) is 3.07. The van der Waals surface area contributed by atoms with E-state index in [1.807, 2.05) is 18.1 Å². The lowest BCUT2D eigenvalue weighted by Gasteiger charge is -2.13. The predicted octanol–water partition coefficient (Wildman–Crippen LogP) is 1.24. The van der Waals surface area contributed by atoms with Crippen LogP contribution in [0.1, 0.15) is 32.4 Å². The van der Waals surface area contributed by atoms with Crippen LogP contribution in [0.15, 0.2) is 6.20 Å². The van der Waals surface area contributed by atoms with E-state index >= 15 is 0 Å². The summed E-state index contributed by atoms with van der Waals surface area (Å²) in [5, 5.41) is 8.17. The molecular formula is C19H38N4O5S. The highest BCUT2D eigenvalue weighted by molar-refractivity contribution is 7.90. The minimum atomic E-state index is -2.95. The Hall–Kier alpha value is -1.07. The molecule has 0 saturated carbocycles. The molecule has 0 N–H and O–H groups in total. The molecule has 10 heteroatoms. The fraction of sp³-hybridized carbons (Fsp3) is 0.895. The van der Waals surface area contributed by atoms with E-state index in [1.165, 1.54) is 12.7 Å². The molecule has 0 radical (unpaired) electrons.